The van der Waals surface area contributed by atoms with Crippen molar-refractivity contribution in [1.29, 1.82) is 0 Å². The molecule has 0 unspecified atom stereocenters. The molecule has 2 aromatic rings. The fourth-order valence-electron chi connectivity index (χ4n) is 2.34. The molecule has 2 heterocycles. The predicted octanol–water partition coefficient (Wildman–Crippen LogP) is 1.08. The van der Waals surface area contributed by atoms with Gasteiger partial charge in [0, 0.05) is 26.6 Å². The Hall–Kier alpha value is -2.05. The molecule has 0 atom stereocenters. The minimum absolute atomic E-state index is 0.0304. The van der Waals surface area contributed by atoms with Crippen LogP contribution in [0.5, 0.6) is 0 Å². The van der Waals surface area contributed by atoms with Gasteiger partial charge in [-0.15, -0.1) is 0 Å². The van der Waals surface area contributed by atoms with E-state index in [0.717, 1.165) is 23.3 Å². The maximum atomic E-state index is 11.8. The van der Waals surface area contributed by atoms with E-state index in [2.05, 4.69) is 29.2 Å². The molecule has 2 aromatic heterocycles. The zero-order valence-electron chi connectivity index (χ0n) is 13.2. The van der Waals surface area contributed by atoms with E-state index >= 15 is 0 Å². The third kappa shape index (κ3) is 3.17. The Kier molecular flexibility index (Phi) is 4.50. The van der Waals surface area contributed by atoms with E-state index in [4.69, 9.17) is 5.73 Å². The number of hydrogen-bond acceptors (Lipinski definition) is 4. The van der Waals surface area contributed by atoms with Gasteiger partial charge >= 0.3 is 0 Å². The molecule has 0 spiro atoms. The van der Waals surface area contributed by atoms with Gasteiger partial charge in [0.2, 0.25) is 11.9 Å². The first-order valence-electron chi connectivity index (χ1n) is 7.38. The van der Waals surface area contributed by atoms with Crippen LogP contribution in [0.2, 0.25) is 0 Å². The molecule has 0 aliphatic rings. The molecule has 0 saturated carbocycles. The first-order valence-corrected chi connectivity index (χ1v) is 7.38. The van der Waals surface area contributed by atoms with Crippen LogP contribution in [0.4, 0.5) is 5.95 Å². The number of carbonyl (C=O) groups excluding carboxylic acids is 1. The number of aryl methyl sites for hydroxylation is 3. The Morgan fingerprint density at radius 1 is 1.43 bits per heavy atom. The molecular weight excluding hydrogens is 268 g/mol. The van der Waals surface area contributed by atoms with E-state index in [1.54, 1.807) is 4.68 Å². The predicted molar refractivity (Wildman–Crippen MR) is 82.8 cm³/mol. The Morgan fingerprint density at radius 3 is 2.76 bits per heavy atom. The van der Waals surface area contributed by atoms with Gasteiger partial charge in [0.05, 0.1) is 5.69 Å². The second-order valence-corrected chi connectivity index (χ2v) is 5.67. The minimum Gasteiger partial charge on any atom is -0.369 e. The highest BCUT2D eigenvalue weighted by atomic mass is 16.1. The van der Waals surface area contributed by atoms with Crippen molar-refractivity contribution in [1.82, 2.24) is 24.6 Å². The van der Waals surface area contributed by atoms with E-state index < -0.39 is 0 Å². The summed E-state index contributed by atoms with van der Waals surface area (Å²) in [5.41, 5.74) is 8.62. The van der Waals surface area contributed by atoms with Gasteiger partial charge in [0.25, 0.3) is 0 Å². The van der Waals surface area contributed by atoms with Crippen LogP contribution in [0.1, 0.15) is 32.9 Å². The summed E-state index contributed by atoms with van der Waals surface area (Å²) < 4.78 is 3.64. The quantitative estimate of drug-likeness (QED) is 0.833. The first kappa shape index (κ1) is 15.3. The summed E-state index contributed by atoms with van der Waals surface area (Å²) in [6.07, 6.45) is 1.19. The van der Waals surface area contributed by atoms with E-state index in [1.165, 1.54) is 0 Å². The second kappa shape index (κ2) is 6.15. The normalized spacial score (nSPS) is 11.5. The van der Waals surface area contributed by atoms with Crippen molar-refractivity contribution in [2.75, 3.05) is 12.3 Å². The van der Waals surface area contributed by atoms with E-state index in [0.29, 0.717) is 31.4 Å². The molecule has 21 heavy (non-hydrogen) atoms. The SMILES string of the molecule is CCc1nn(C)c2c1nc(N)n2CCC(=O)NCC(C)C. The van der Waals surface area contributed by atoms with Crippen LogP contribution in [0.3, 0.4) is 0 Å². The van der Waals surface area contributed by atoms with Gasteiger partial charge in [-0.05, 0) is 12.3 Å². The molecule has 3 N–H and O–H groups in total. The van der Waals surface area contributed by atoms with Crippen LogP contribution >= 0.6 is 0 Å². The fourth-order valence-corrected chi connectivity index (χ4v) is 2.34. The Bertz CT molecular complexity index is 639. The van der Waals surface area contributed by atoms with Crippen molar-refractivity contribution in [3.8, 4) is 0 Å². The highest BCUT2D eigenvalue weighted by Gasteiger charge is 2.17. The van der Waals surface area contributed by atoms with Gasteiger partial charge in [-0.3, -0.25) is 14.0 Å². The van der Waals surface area contributed by atoms with Crippen molar-refractivity contribution in [2.45, 2.75) is 40.2 Å². The van der Waals surface area contributed by atoms with Crippen molar-refractivity contribution < 1.29 is 4.79 Å². The van der Waals surface area contributed by atoms with Crippen LogP contribution in [-0.4, -0.2) is 31.8 Å². The highest BCUT2D eigenvalue weighted by Crippen LogP contribution is 2.21. The monoisotopic (exact) mass is 292 g/mol. The number of fused-ring (bicyclic) bond motifs is 1. The van der Waals surface area contributed by atoms with Crippen LogP contribution in [0, 0.1) is 5.92 Å². The molecule has 7 nitrogen and oxygen atoms in total. The maximum Gasteiger partial charge on any atom is 0.221 e. The van der Waals surface area contributed by atoms with Crippen LogP contribution < -0.4 is 11.1 Å². The van der Waals surface area contributed by atoms with Crippen molar-refractivity contribution >= 4 is 23.0 Å². The number of anilines is 1. The number of imidazole rings is 1. The molecule has 2 rings (SSSR count). The minimum atomic E-state index is 0.0304. The lowest BCUT2D eigenvalue weighted by Crippen LogP contribution is -2.28. The van der Waals surface area contributed by atoms with E-state index in [1.807, 2.05) is 18.5 Å². The third-order valence-corrected chi connectivity index (χ3v) is 3.43. The number of hydrogen-bond donors (Lipinski definition) is 2. The molecule has 0 aliphatic heterocycles. The standard InChI is InChI=1S/C14H24N6O/c1-5-10-12-13(19(4)18-10)20(14(15)17-12)7-6-11(21)16-8-9(2)3/h9H,5-8H2,1-4H3,(H2,15,17)(H,16,21). The van der Waals surface area contributed by atoms with E-state index in [9.17, 15) is 4.79 Å². The lowest BCUT2D eigenvalue weighted by molar-refractivity contribution is -0.121. The Labute approximate surface area is 124 Å². The summed E-state index contributed by atoms with van der Waals surface area (Å²) >= 11 is 0. The Balaban J connectivity index is 2.13. The largest absolute Gasteiger partial charge is 0.369 e. The van der Waals surface area contributed by atoms with Crippen molar-refractivity contribution in [3.63, 3.8) is 0 Å². The number of rotatable bonds is 6. The highest BCUT2D eigenvalue weighted by molar-refractivity contribution is 5.79. The number of nitrogen functional groups attached to an aromatic ring is 1. The maximum absolute atomic E-state index is 11.8. The van der Waals surface area contributed by atoms with Gasteiger partial charge < -0.3 is 11.1 Å². The lowest BCUT2D eigenvalue weighted by atomic mass is 10.2. The number of nitrogens with zero attached hydrogens (tertiary/aromatic N) is 4. The number of amides is 1. The van der Waals surface area contributed by atoms with Crippen LogP contribution in [0.25, 0.3) is 11.2 Å². The second-order valence-electron chi connectivity index (χ2n) is 5.67. The van der Waals surface area contributed by atoms with Gasteiger partial charge in [0.1, 0.15) is 5.52 Å². The number of aromatic nitrogens is 4. The molecule has 0 radical (unpaired) electrons. The van der Waals surface area contributed by atoms with Gasteiger partial charge in [-0.25, -0.2) is 4.98 Å². The molecule has 0 saturated heterocycles. The topological polar surface area (TPSA) is 90.8 Å². The van der Waals surface area contributed by atoms with Gasteiger partial charge in [-0.2, -0.15) is 5.10 Å². The number of carbonyl (C=O) groups is 1. The van der Waals surface area contributed by atoms with Crippen molar-refractivity contribution in [3.05, 3.63) is 5.69 Å². The average Bonchev–Trinajstić information content (AvgIpc) is 2.91. The summed E-state index contributed by atoms with van der Waals surface area (Å²) in [5, 5.41) is 7.34. The molecule has 7 heteroatoms. The zero-order valence-corrected chi connectivity index (χ0v) is 13.2. The zero-order chi connectivity index (χ0) is 15.6. The average molecular weight is 292 g/mol. The third-order valence-electron chi connectivity index (χ3n) is 3.43. The number of nitrogens with one attached hydrogen (secondary N) is 1. The molecule has 116 valence electrons. The lowest BCUT2D eigenvalue weighted by Gasteiger charge is -2.09. The summed E-state index contributed by atoms with van der Waals surface area (Å²) in [4.78, 5) is 16.2. The molecule has 0 bridgehead atoms. The number of nitrogens with two attached hydrogens (primary N) is 1. The summed E-state index contributed by atoms with van der Waals surface area (Å²) in [6, 6.07) is 0. The molecular formula is C14H24N6O. The molecule has 1 amide bonds. The van der Waals surface area contributed by atoms with Crippen LogP contribution in [-0.2, 0) is 24.8 Å². The summed E-state index contributed by atoms with van der Waals surface area (Å²) in [7, 11) is 1.87. The van der Waals surface area contributed by atoms with Crippen LogP contribution in [0.15, 0.2) is 0 Å². The van der Waals surface area contributed by atoms with Gasteiger partial charge in [-0.1, -0.05) is 20.8 Å². The van der Waals surface area contributed by atoms with Crippen molar-refractivity contribution in [2.24, 2.45) is 13.0 Å². The smallest absolute Gasteiger partial charge is 0.221 e. The fraction of sp³-hybridized carbons (Fsp3) is 0.643. The van der Waals surface area contributed by atoms with E-state index in [-0.39, 0.29) is 5.91 Å². The van der Waals surface area contributed by atoms with Gasteiger partial charge in [0.15, 0.2) is 5.65 Å². The summed E-state index contributed by atoms with van der Waals surface area (Å²) in [5.74, 6) is 0.912. The molecule has 0 aliphatic carbocycles. The first-order chi connectivity index (χ1) is 9.93. The Morgan fingerprint density at radius 2 is 2.14 bits per heavy atom. The summed E-state index contributed by atoms with van der Waals surface area (Å²) in [6.45, 7) is 7.38. The molecule has 0 aromatic carbocycles. The molecule has 0 fully saturated rings.